The second kappa shape index (κ2) is 26.6. The molecule has 2 heterocycles. The average molecular weight is 1140 g/mol. The number of halogens is 15. The summed E-state index contributed by atoms with van der Waals surface area (Å²) in [6.07, 6.45) is -36.8. The fourth-order valence-electron chi connectivity index (χ4n) is 7.28. The Bertz CT molecular complexity index is 2010. The van der Waals surface area contributed by atoms with Crippen LogP contribution in [0.25, 0.3) is 0 Å². The largest absolute Gasteiger partial charge is 0.445 e. The molecule has 440 valence electrons. The monoisotopic (exact) mass is 1140 g/mol. The van der Waals surface area contributed by atoms with Crippen LogP contribution in [0.2, 0.25) is 0 Å². The van der Waals surface area contributed by atoms with Crippen LogP contribution in [0, 0.1) is 0 Å². The molecule has 0 bridgehead atoms. The number of hydrogen-bond donors (Lipinski definition) is 10. The number of hydrogen-bond acceptors (Lipinski definition) is 15. The first-order chi connectivity index (χ1) is 34.9. The molecule has 0 aromatic heterocycles. The number of benzene rings is 1. The van der Waals surface area contributed by atoms with E-state index in [1.54, 1.807) is 14.1 Å². The molecule has 1 aromatic carbocycles. The van der Waals surface area contributed by atoms with E-state index in [0.29, 0.717) is 12.8 Å². The Balaban J connectivity index is 1.53. The lowest BCUT2D eigenvalue weighted by molar-refractivity contribution is -0.457. The number of aliphatic hydroxyl groups is 7. The molecular formula is C42H58F15N5O14. The van der Waals surface area contributed by atoms with E-state index >= 15 is 0 Å². The van der Waals surface area contributed by atoms with Gasteiger partial charge in [-0.05, 0) is 49.7 Å². The van der Waals surface area contributed by atoms with Crippen molar-refractivity contribution in [2.24, 2.45) is 10.7 Å². The molecule has 2 aliphatic heterocycles. The predicted molar refractivity (Wildman–Crippen MR) is 226 cm³/mol. The maximum absolute atomic E-state index is 14.4. The molecule has 76 heavy (non-hydrogen) atoms. The van der Waals surface area contributed by atoms with Crippen molar-refractivity contribution in [1.29, 1.82) is 0 Å². The number of aliphatic hydroxyl groups excluding tert-OH is 7. The Hall–Kier alpha value is -4.26. The predicted octanol–water partition coefficient (Wildman–Crippen LogP) is 2.17. The molecule has 0 saturated carbocycles. The van der Waals surface area contributed by atoms with Gasteiger partial charge in [-0.25, -0.2) is 9.18 Å². The van der Waals surface area contributed by atoms with Crippen LogP contribution in [0.4, 0.5) is 70.7 Å². The van der Waals surface area contributed by atoms with E-state index in [4.69, 9.17) is 29.4 Å². The van der Waals surface area contributed by atoms with Crippen LogP contribution < -0.4 is 16.4 Å². The molecule has 2 amide bonds. The summed E-state index contributed by atoms with van der Waals surface area (Å²) in [4.78, 5) is 31.6. The number of alkyl halides is 15. The summed E-state index contributed by atoms with van der Waals surface area (Å²) < 4.78 is 231. The molecule has 3 rings (SSSR count). The number of alkyl carbamates (subject to hydrolysis) is 1. The van der Waals surface area contributed by atoms with Gasteiger partial charge in [0, 0.05) is 40.2 Å². The number of unbranched alkanes of at least 4 members (excludes halogenated alkanes) is 2. The molecule has 0 radical (unpaired) electrons. The van der Waals surface area contributed by atoms with Crippen LogP contribution in [-0.2, 0) is 41.5 Å². The van der Waals surface area contributed by atoms with E-state index < -0.39 is 159 Å². The normalized spacial score (nSPS) is 26.0. The number of guanidine groups is 1. The summed E-state index contributed by atoms with van der Waals surface area (Å²) in [7, 11) is 3.21. The highest BCUT2D eigenvalue weighted by molar-refractivity contribution is 5.85. The summed E-state index contributed by atoms with van der Waals surface area (Å²) >= 11 is 0. The number of carbonyl (C=O) groups excluding carboxylic acids is 2. The maximum Gasteiger partial charge on any atom is 0.438 e. The maximum atomic E-state index is 14.4. The van der Waals surface area contributed by atoms with Gasteiger partial charge in [-0.1, -0.05) is 24.3 Å². The molecule has 0 spiro atoms. The van der Waals surface area contributed by atoms with E-state index in [0.717, 1.165) is 24.3 Å². The molecule has 2 fully saturated rings. The van der Waals surface area contributed by atoms with Crippen molar-refractivity contribution in [2.45, 2.75) is 161 Å². The molecule has 2 saturated heterocycles. The van der Waals surface area contributed by atoms with Crippen molar-refractivity contribution in [3.63, 3.8) is 0 Å². The average Bonchev–Trinajstić information content (AvgIpc) is 3.34. The van der Waals surface area contributed by atoms with Gasteiger partial charge in [0.25, 0.3) is 0 Å². The Morgan fingerprint density at radius 3 is 1.82 bits per heavy atom. The molecule has 2 aliphatic rings. The SMILES string of the molecule is CN(C)C(N)=NCCC[C@H](NC(=O)OCc1ccc(CCC(F)(F)C(F)(F)C(F)(F)C(F)(F)C(F)(C(F)(F)F)C(F)(F)F)cc1)C(=O)NCCCCCOC1O[C@H](CO)[C@@H](O[C@@H]2O[C@H](CO)[C@H](O)[C@H](O)[C@H]2O)[C@H](O)[C@H]1O. The van der Waals surface area contributed by atoms with Gasteiger partial charge in [0.15, 0.2) is 18.5 Å². The molecule has 0 aliphatic carbocycles. The van der Waals surface area contributed by atoms with Crippen molar-refractivity contribution in [2.75, 3.05) is 47.0 Å². The molecular weight excluding hydrogens is 1080 g/mol. The molecule has 34 heteroatoms. The third-order valence-corrected chi connectivity index (χ3v) is 11.9. The summed E-state index contributed by atoms with van der Waals surface area (Å²) in [5.74, 6) is -31.6. The minimum absolute atomic E-state index is 0.0122. The summed E-state index contributed by atoms with van der Waals surface area (Å²) in [5.41, 5.74) is -3.09. The van der Waals surface area contributed by atoms with Crippen molar-refractivity contribution in [3.8, 4) is 0 Å². The van der Waals surface area contributed by atoms with Crippen molar-refractivity contribution in [1.82, 2.24) is 15.5 Å². The Morgan fingerprint density at radius 1 is 0.711 bits per heavy atom. The smallest absolute Gasteiger partial charge is 0.438 e. The molecule has 11 atom stereocenters. The Kier molecular flexibility index (Phi) is 23.1. The third-order valence-electron chi connectivity index (χ3n) is 11.9. The first kappa shape index (κ1) is 66.0. The lowest BCUT2D eigenvalue weighted by Crippen LogP contribution is -2.75. The van der Waals surface area contributed by atoms with Gasteiger partial charge < -0.3 is 80.7 Å². The highest BCUT2D eigenvalue weighted by Crippen LogP contribution is 2.64. The molecule has 19 nitrogen and oxygen atoms in total. The minimum Gasteiger partial charge on any atom is -0.445 e. The number of amides is 2. The third kappa shape index (κ3) is 15.1. The van der Waals surface area contributed by atoms with Crippen LogP contribution in [-0.4, -0.2) is 215 Å². The Labute approximate surface area is 422 Å². The van der Waals surface area contributed by atoms with Crippen LogP contribution in [0.15, 0.2) is 29.3 Å². The lowest BCUT2D eigenvalue weighted by Gasteiger charge is -2.45. The number of carbonyl (C=O) groups is 2. The zero-order valence-corrected chi connectivity index (χ0v) is 40.0. The quantitative estimate of drug-likeness (QED) is 0.0275. The lowest BCUT2D eigenvalue weighted by atomic mass is 9.84. The number of ether oxygens (including phenoxy) is 5. The summed E-state index contributed by atoms with van der Waals surface area (Å²) in [6, 6.07) is 2.35. The topological polar surface area (TPSA) is 288 Å². The molecule has 1 unspecified atom stereocenters. The second-order valence-electron chi connectivity index (χ2n) is 17.7. The van der Waals surface area contributed by atoms with Gasteiger partial charge in [-0.2, -0.15) is 61.5 Å². The van der Waals surface area contributed by atoms with E-state index in [-0.39, 0.29) is 50.5 Å². The number of aryl methyl sites for hydroxylation is 1. The molecule has 11 N–H and O–H groups in total. The van der Waals surface area contributed by atoms with E-state index in [1.165, 1.54) is 4.90 Å². The van der Waals surface area contributed by atoms with Gasteiger partial charge in [0.1, 0.15) is 61.5 Å². The molecule has 1 aromatic rings. The Morgan fingerprint density at radius 2 is 1.26 bits per heavy atom. The van der Waals surface area contributed by atoms with Crippen molar-refractivity contribution < 1.29 is 135 Å². The van der Waals surface area contributed by atoms with E-state index in [2.05, 4.69) is 15.6 Å². The highest BCUT2D eigenvalue weighted by Gasteiger charge is 2.95. The van der Waals surface area contributed by atoms with Gasteiger partial charge in [0.2, 0.25) is 5.91 Å². The first-order valence-corrected chi connectivity index (χ1v) is 22.7. The number of nitrogens with one attached hydrogen (secondary N) is 2. The van der Waals surface area contributed by atoms with Crippen molar-refractivity contribution in [3.05, 3.63) is 35.4 Å². The van der Waals surface area contributed by atoms with Crippen molar-refractivity contribution >= 4 is 18.0 Å². The summed E-state index contributed by atoms with van der Waals surface area (Å²) in [6.45, 7) is -2.21. The number of nitrogens with two attached hydrogens (primary N) is 1. The summed E-state index contributed by atoms with van der Waals surface area (Å²) in [5, 5.41) is 76.1. The van der Waals surface area contributed by atoms with Gasteiger partial charge in [-0.15, -0.1) is 0 Å². The fourth-order valence-corrected chi connectivity index (χ4v) is 7.28. The van der Waals surface area contributed by atoms with Crippen LogP contribution in [0.5, 0.6) is 0 Å². The minimum atomic E-state index is -8.52. The van der Waals surface area contributed by atoms with Crippen LogP contribution in [0.3, 0.4) is 0 Å². The fraction of sp³-hybridized carbons (Fsp3) is 0.786. The van der Waals surface area contributed by atoms with E-state index in [1.807, 2.05) is 0 Å². The van der Waals surface area contributed by atoms with Crippen LogP contribution in [0.1, 0.15) is 49.7 Å². The number of rotatable bonds is 26. The first-order valence-electron chi connectivity index (χ1n) is 22.7. The standard InChI is InChI=1S/C42H58F15N5O14/c1-62(2)34(58)60-15-6-7-22(31(70)59-14-4-3-5-16-72-32-29(69)27(67)30(24(18-64)75-32)76-33-28(68)26(66)25(65)23(17-63)74-33)61-35(71)73-19-21-10-8-20(9-11-21)12-13-36(43,44)38(46,47)40(50,51)39(48,49)37(45,41(52,53)54)42(55,56)57/h8-11,22-30,32-33,63-69H,3-7,12-19H2,1-2H3,(H2,58,60)(H,59,70)(H,61,71)/t22-,23+,24+,25-,26-,27+,28+,29+,30+,32?,33-/m0/s1. The zero-order valence-electron chi connectivity index (χ0n) is 40.0. The zero-order chi connectivity index (χ0) is 58.0. The van der Waals surface area contributed by atoms with Gasteiger partial charge >= 0.3 is 47.8 Å². The van der Waals surface area contributed by atoms with Gasteiger partial charge in [-0.3, -0.25) is 9.79 Å². The second-order valence-corrected chi connectivity index (χ2v) is 17.7. The number of aliphatic imine (C=N–C) groups is 1. The number of nitrogens with zero attached hydrogens (tertiary/aromatic N) is 2. The van der Waals surface area contributed by atoms with Crippen LogP contribution >= 0.6 is 0 Å². The highest BCUT2D eigenvalue weighted by atomic mass is 19.4. The van der Waals surface area contributed by atoms with Gasteiger partial charge in [0.05, 0.1) is 13.2 Å². The van der Waals surface area contributed by atoms with E-state index in [9.17, 15) is 111 Å².